The van der Waals surface area contributed by atoms with E-state index in [1.165, 1.54) is 0 Å². The summed E-state index contributed by atoms with van der Waals surface area (Å²) in [6.07, 6.45) is 10.2. The van der Waals surface area contributed by atoms with Gasteiger partial charge >= 0.3 is 0 Å². The van der Waals surface area contributed by atoms with Gasteiger partial charge in [0.25, 0.3) is 0 Å². The van der Waals surface area contributed by atoms with Crippen LogP contribution < -0.4 is 10.1 Å². The lowest BCUT2D eigenvalue weighted by atomic mass is 10.2. The number of ether oxygens (including phenoxy) is 1. The van der Waals surface area contributed by atoms with E-state index in [9.17, 15) is 4.79 Å². The minimum absolute atomic E-state index is 0.0656. The van der Waals surface area contributed by atoms with Gasteiger partial charge in [0, 0.05) is 31.6 Å². The third-order valence-corrected chi connectivity index (χ3v) is 4.13. The molecule has 2 atom stereocenters. The highest BCUT2D eigenvalue weighted by Gasteiger charge is 2.26. The van der Waals surface area contributed by atoms with Gasteiger partial charge in [0.1, 0.15) is 11.9 Å². The van der Waals surface area contributed by atoms with E-state index >= 15 is 0 Å². The summed E-state index contributed by atoms with van der Waals surface area (Å²) in [5.41, 5.74) is 1.03. The average molecular weight is 317 g/mol. The standard InChI is InChI=1S/C18H27N3O2/c1-4-18(22)21-9-8-16(13-21)23-17-10-15(11-20-12-17)7-5-6-14(2)19-3/h5,7,10-12,14,16,19H,4,6,8-9,13H2,1-3H3/t14-,16+/m0/s1. The number of aromatic nitrogens is 1. The number of hydrogen-bond donors (Lipinski definition) is 1. The molecule has 0 spiro atoms. The van der Waals surface area contributed by atoms with E-state index in [0.717, 1.165) is 30.7 Å². The van der Waals surface area contributed by atoms with Crippen molar-refractivity contribution in [3.05, 3.63) is 30.1 Å². The Bertz CT molecular complexity index is 545. The molecule has 1 aliphatic rings. The van der Waals surface area contributed by atoms with E-state index in [4.69, 9.17) is 4.74 Å². The first-order valence-electron chi connectivity index (χ1n) is 8.35. The SMILES string of the molecule is CCC(=O)N1CC[C@@H](Oc2cncc(C=CC[C@H](C)NC)c2)C1. The molecule has 0 unspecified atom stereocenters. The normalized spacial score (nSPS) is 19.3. The van der Waals surface area contributed by atoms with Gasteiger partial charge in [-0.05, 0) is 32.0 Å². The van der Waals surface area contributed by atoms with Crippen molar-refractivity contribution in [1.82, 2.24) is 15.2 Å². The molecule has 1 N–H and O–H groups in total. The summed E-state index contributed by atoms with van der Waals surface area (Å²) in [7, 11) is 1.96. The summed E-state index contributed by atoms with van der Waals surface area (Å²) >= 11 is 0. The maximum Gasteiger partial charge on any atom is 0.222 e. The number of hydrogen-bond acceptors (Lipinski definition) is 4. The molecule has 126 valence electrons. The van der Waals surface area contributed by atoms with Crippen molar-refractivity contribution < 1.29 is 9.53 Å². The Balaban J connectivity index is 1.89. The van der Waals surface area contributed by atoms with Crippen molar-refractivity contribution >= 4 is 12.0 Å². The summed E-state index contributed by atoms with van der Waals surface area (Å²) in [4.78, 5) is 17.8. The number of pyridine rings is 1. The molecule has 1 aromatic heterocycles. The van der Waals surface area contributed by atoms with Gasteiger partial charge in [-0.1, -0.05) is 19.1 Å². The highest BCUT2D eigenvalue weighted by Crippen LogP contribution is 2.19. The first-order valence-corrected chi connectivity index (χ1v) is 8.35. The third kappa shape index (κ3) is 5.36. The molecule has 0 aromatic carbocycles. The van der Waals surface area contributed by atoms with Crippen LogP contribution in [-0.2, 0) is 4.79 Å². The van der Waals surface area contributed by atoms with Crippen LogP contribution in [0.3, 0.4) is 0 Å². The molecule has 2 rings (SSSR count). The predicted octanol–water partition coefficient (Wildman–Crippen LogP) is 2.48. The zero-order valence-electron chi connectivity index (χ0n) is 14.3. The number of carbonyl (C=O) groups excluding carboxylic acids is 1. The highest BCUT2D eigenvalue weighted by atomic mass is 16.5. The largest absolute Gasteiger partial charge is 0.487 e. The summed E-state index contributed by atoms with van der Waals surface area (Å²) in [5, 5.41) is 3.21. The number of likely N-dealkylation sites (tertiary alicyclic amines) is 1. The highest BCUT2D eigenvalue weighted by molar-refractivity contribution is 5.76. The number of carbonyl (C=O) groups is 1. The molecule has 0 saturated carbocycles. The van der Waals surface area contributed by atoms with Gasteiger partial charge < -0.3 is 15.0 Å². The lowest BCUT2D eigenvalue weighted by Crippen LogP contribution is -2.30. The van der Waals surface area contributed by atoms with E-state index in [0.29, 0.717) is 19.0 Å². The van der Waals surface area contributed by atoms with E-state index in [1.807, 2.05) is 31.1 Å². The molecule has 1 saturated heterocycles. The fraction of sp³-hybridized carbons (Fsp3) is 0.556. The summed E-state index contributed by atoms with van der Waals surface area (Å²) in [6, 6.07) is 2.46. The second-order valence-corrected chi connectivity index (χ2v) is 6.00. The maximum atomic E-state index is 11.7. The molecule has 0 radical (unpaired) electrons. The molecule has 2 heterocycles. The lowest BCUT2D eigenvalue weighted by molar-refractivity contribution is -0.130. The fourth-order valence-electron chi connectivity index (χ4n) is 2.58. The molecule has 1 amide bonds. The Kier molecular flexibility index (Phi) is 6.59. The Hall–Kier alpha value is -1.88. The van der Waals surface area contributed by atoms with Crippen LogP contribution in [-0.4, -0.2) is 48.1 Å². The van der Waals surface area contributed by atoms with Crippen LogP contribution in [0.4, 0.5) is 0 Å². The van der Waals surface area contributed by atoms with Crippen molar-refractivity contribution in [3.63, 3.8) is 0 Å². The summed E-state index contributed by atoms with van der Waals surface area (Å²) in [6.45, 7) is 5.50. The Morgan fingerprint density at radius 1 is 1.57 bits per heavy atom. The number of nitrogens with one attached hydrogen (secondary N) is 1. The van der Waals surface area contributed by atoms with Gasteiger partial charge in [0.15, 0.2) is 0 Å². The van der Waals surface area contributed by atoms with E-state index in [2.05, 4.69) is 29.4 Å². The lowest BCUT2D eigenvalue weighted by Gasteiger charge is -2.16. The molecular formula is C18H27N3O2. The molecule has 5 nitrogen and oxygen atoms in total. The Morgan fingerprint density at radius 2 is 2.39 bits per heavy atom. The van der Waals surface area contributed by atoms with Gasteiger partial charge in [0.2, 0.25) is 5.91 Å². The van der Waals surface area contributed by atoms with Gasteiger partial charge in [-0.25, -0.2) is 0 Å². The molecule has 1 aromatic rings. The molecular weight excluding hydrogens is 290 g/mol. The third-order valence-electron chi connectivity index (χ3n) is 4.13. The molecule has 5 heteroatoms. The molecule has 0 bridgehead atoms. The van der Waals surface area contributed by atoms with Gasteiger partial charge in [0.05, 0.1) is 12.7 Å². The van der Waals surface area contributed by atoms with E-state index in [-0.39, 0.29) is 12.0 Å². The summed E-state index contributed by atoms with van der Waals surface area (Å²) < 4.78 is 5.99. The first kappa shape index (κ1) is 17.5. The monoisotopic (exact) mass is 317 g/mol. The second-order valence-electron chi connectivity index (χ2n) is 6.00. The van der Waals surface area contributed by atoms with E-state index < -0.39 is 0 Å². The van der Waals surface area contributed by atoms with Crippen LogP contribution in [0.15, 0.2) is 24.5 Å². The quantitative estimate of drug-likeness (QED) is 0.839. The first-order chi connectivity index (χ1) is 11.1. The van der Waals surface area contributed by atoms with Crippen LogP contribution >= 0.6 is 0 Å². The van der Waals surface area contributed by atoms with Crippen LogP contribution in [0, 0.1) is 0 Å². The van der Waals surface area contributed by atoms with Crippen molar-refractivity contribution in [2.45, 2.75) is 45.3 Å². The average Bonchev–Trinajstić information content (AvgIpc) is 3.02. The maximum absolute atomic E-state index is 11.7. The minimum Gasteiger partial charge on any atom is -0.487 e. The zero-order chi connectivity index (χ0) is 16.7. The minimum atomic E-state index is 0.0656. The van der Waals surface area contributed by atoms with Crippen LogP contribution in [0.2, 0.25) is 0 Å². The smallest absolute Gasteiger partial charge is 0.222 e. The molecule has 23 heavy (non-hydrogen) atoms. The molecule has 1 aliphatic heterocycles. The van der Waals surface area contributed by atoms with Gasteiger partial charge in [-0.15, -0.1) is 0 Å². The van der Waals surface area contributed by atoms with Gasteiger partial charge in [-0.3, -0.25) is 9.78 Å². The summed E-state index contributed by atoms with van der Waals surface area (Å²) in [5.74, 6) is 0.967. The van der Waals surface area contributed by atoms with Crippen molar-refractivity contribution in [1.29, 1.82) is 0 Å². The predicted molar refractivity (Wildman–Crippen MR) is 92.3 cm³/mol. The number of amides is 1. The van der Waals surface area contributed by atoms with Gasteiger partial charge in [-0.2, -0.15) is 0 Å². The topological polar surface area (TPSA) is 54.5 Å². The Morgan fingerprint density at radius 3 is 3.13 bits per heavy atom. The van der Waals surface area contributed by atoms with Crippen molar-refractivity contribution in [2.24, 2.45) is 0 Å². The van der Waals surface area contributed by atoms with Crippen LogP contribution in [0.25, 0.3) is 6.08 Å². The van der Waals surface area contributed by atoms with E-state index in [1.54, 1.807) is 6.20 Å². The number of rotatable bonds is 7. The molecule has 0 aliphatic carbocycles. The fourth-order valence-corrected chi connectivity index (χ4v) is 2.58. The van der Waals surface area contributed by atoms with Crippen LogP contribution in [0.5, 0.6) is 5.75 Å². The number of nitrogens with zero attached hydrogens (tertiary/aromatic N) is 2. The molecule has 1 fully saturated rings. The second kappa shape index (κ2) is 8.67. The van der Waals surface area contributed by atoms with Crippen LogP contribution in [0.1, 0.15) is 38.7 Å². The van der Waals surface area contributed by atoms with Crippen molar-refractivity contribution in [2.75, 3.05) is 20.1 Å². The Labute approximate surface area is 138 Å². The zero-order valence-corrected chi connectivity index (χ0v) is 14.3. The van der Waals surface area contributed by atoms with Crippen molar-refractivity contribution in [3.8, 4) is 5.75 Å².